The minimum Gasteiger partial charge on any atom is -0.481 e. The summed E-state index contributed by atoms with van der Waals surface area (Å²) in [5, 5.41) is 17.0. The van der Waals surface area contributed by atoms with Crippen molar-refractivity contribution in [1.29, 1.82) is 0 Å². The van der Waals surface area contributed by atoms with Gasteiger partial charge in [-0.2, -0.15) is 0 Å². The van der Waals surface area contributed by atoms with Crippen molar-refractivity contribution in [2.24, 2.45) is 11.8 Å². The van der Waals surface area contributed by atoms with Crippen molar-refractivity contribution in [1.82, 2.24) is 16.0 Å². The van der Waals surface area contributed by atoms with Gasteiger partial charge in [-0.05, 0) is 25.2 Å². The lowest BCUT2D eigenvalue weighted by molar-refractivity contribution is -0.142. The highest BCUT2D eigenvalue weighted by molar-refractivity contribution is 5.84. The van der Waals surface area contributed by atoms with E-state index in [1.807, 2.05) is 13.8 Å². The largest absolute Gasteiger partial charge is 0.481 e. The number of carbonyl (C=O) groups excluding carboxylic acids is 2. The second-order valence-corrected chi connectivity index (χ2v) is 6.63. The number of carboxylic acid groups (broad SMARTS) is 1. The average Bonchev–Trinajstić information content (AvgIpc) is 2.49. The lowest BCUT2D eigenvalue weighted by Gasteiger charge is -2.22. The summed E-state index contributed by atoms with van der Waals surface area (Å²) in [6.07, 6.45) is 5.93. The fourth-order valence-electron chi connectivity index (χ4n) is 2.78. The quantitative estimate of drug-likeness (QED) is 0.541. The number of urea groups is 1. The van der Waals surface area contributed by atoms with Crippen molar-refractivity contribution >= 4 is 17.9 Å². The number of amides is 3. The third-order valence-electron chi connectivity index (χ3n) is 4.00. The molecule has 1 unspecified atom stereocenters. The lowest BCUT2D eigenvalue weighted by Crippen LogP contribution is -2.47. The summed E-state index contributed by atoms with van der Waals surface area (Å²) < 4.78 is 0. The number of rotatable bonds is 8. The Balaban J connectivity index is 2.22. The summed E-state index contributed by atoms with van der Waals surface area (Å²) in [5.74, 6) is -1.65. The van der Waals surface area contributed by atoms with E-state index in [1.165, 1.54) is 6.42 Å². The van der Waals surface area contributed by atoms with E-state index in [1.54, 1.807) is 0 Å². The second kappa shape index (κ2) is 10.1. The minimum absolute atomic E-state index is 0.0816. The maximum atomic E-state index is 11.7. The molecule has 1 saturated carbocycles. The maximum absolute atomic E-state index is 11.7. The third kappa shape index (κ3) is 8.42. The molecule has 0 aromatic rings. The number of aliphatic carboxylic acids is 1. The van der Waals surface area contributed by atoms with Crippen LogP contribution in [0.25, 0.3) is 0 Å². The number of hydrogen-bond acceptors (Lipinski definition) is 3. The molecular formula is C16H29N3O4. The molecule has 1 aliphatic carbocycles. The van der Waals surface area contributed by atoms with Crippen molar-refractivity contribution in [3.8, 4) is 0 Å². The molecule has 1 atom stereocenters. The zero-order valence-corrected chi connectivity index (χ0v) is 14.1. The number of carbonyl (C=O) groups is 3. The Morgan fingerprint density at radius 1 is 1.09 bits per heavy atom. The zero-order chi connectivity index (χ0) is 17.2. The first-order valence-corrected chi connectivity index (χ1v) is 8.42. The van der Waals surface area contributed by atoms with Gasteiger partial charge < -0.3 is 21.1 Å². The number of hydrogen-bond donors (Lipinski definition) is 4. The van der Waals surface area contributed by atoms with Crippen LogP contribution in [0.2, 0.25) is 0 Å². The van der Waals surface area contributed by atoms with E-state index >= 15 is 0 Å². The van der Waals surface area contributed by atoms with Gasteiger partial charge >= 0.3 is 12.0 Å². The van der Waals surface area contributed by atoms with Gasteiger partial charge in [0.05, 0.1) is 12.5 Å². The first-order valence-electron chi connectivity index (χ1n) is 8.42. The van der Waals surface area contributed by atoms with Crippen LogP contribution >= 0.6 is 0 Å². The summed E-state index contributed by atoms with van der Waals surface area (Å²) >= 11 is 0. The van der Waals surface area contributed by atoms with Crippen molar-refractivity contribution in [2.45, 2.75) is 58.4 Å². The third-order valence-corrected chi connectivity index (χ3v) is 4.00. The summed E-state index contributed by atoms with van der Waals surface area (Å²) in [5.41, 5.74) is 0. The molecule has 0 radical (unpaired) electrons. The van der Waals surface area contributed by atoms with Gasteiger partial charge in [-0.3, -0.25) is 9.59 Å². The van der Waals surface area contributed by atoms with Gasteiger partial charge in [-0.25, -0.2) is 4.79 Å². The monoisotopic (exact) mass is 327 g/mol. The fourth-order valence-corrected chi connectivity index (χ4v) is 2.78. The van der Waals surface area contributed by atoms with Gasteiger partial charge in [-0.15, -0.1) is 0 Å². The SMILES string of the molecule is CC(C)CC(CNC(=O)CNC(=O)NC1CCCCC1)C(=O)O. The predicted molar refractivity (Wildman–Crippen MR) is 87.0 cm³/mol. The summed E-state index contributed by atoms with van der Waals surface area (Å²) in [4.78, 5) is 34.5. The molecule has 1 rings (SSSR count). The molecule has 0 aliphatic heterocycles. The molecule has 0 heterocycles. The molecule has 1 fully saturated rings. The fraction of sp³-hybridized carbons (Fsp3) is 0.812. The summed E-state index contributed by atoms with van der Waals surface area (Å²) in [7, 11) is 0. The number of carboxylic acids is 1. The van der Waals surface area contributed by atoms with Gasteiger partial charge in [0.15, 0.2) is 0 Å². The topological polar surface area (TPSA) is 108 Å². The molecule has 1 aliphatic rings. The Morgan fingerprint density at radius 2 is 1.74 bits per heavy atom. The van der Waals surface area contributed by atoms with Crippen LogP contribution in [-0.4, -0.2) is 42.1 Å². The van der Waals surface area contributed by atoms with Crippen LogP contribution in [0, 0.1) is 11.8 Å². The van der Waals surface area contributed by atoms with Gasteiger partial charge in [0.2, 0.25) is 5.91 Å². The second-order valence-electron chi connectivity index (χ2n) is 6.63. The normalized spacial score (nSPS) is 16.7. The molecule has 7 nitrogen and oxygen atoms in total. The van der Waals surface area contributed by atoms with E-state index < -0.39 is 11.9 Å². The molecule has 0 saturated heterocycles. The molecule has 23 heavy (non-hydrogen) atoms. The van der Waals surface area contributed by atoms with Crippen LogP contribution in [0.3, 0.4) is 0 Å². The van der Waals surface area contributed by atoms with Crippen molar-refractivity contribution in [2.75, 3.05) is 13.1 Å². The van der Waals surface area contributed by atoms with Crippen LogP contribution < -0.4 is 16.0 Å². The average molecular weight is 327 g/mol. The summed E-state index contributed by atoms with van der Waals surface area (Å²) in [6.45, 7) is 3.81. The molecule has 0 aromatic heterocycles. The molecule has 0 spiro atoms. The van der Waals surface area contributed by atoms with E-state index in [2.05, 4.69) is 16.0 Å². The van der Waals surface area contributed by atoms with E-state index in [0.717, 1.165) is 25.7 Å². The standard InChI is InChI=1S/C16H29N3O4/c1-11(2)8-12(15(21)22)9-17-14(20)10-18-16(23)19-13-6-4-3-5-7-13/h11-13H,3-10H2,1-2H3,(H,17,20)(H,21,22)(H2,18,19,23). The molecule has 0 aromatic carbocycles. The van der Waals surface area contributed by atoms with Gasteiger partial charge in [-0.1, -0.05) is 33.1 Å². The molecule has 3 amide bonds. The number of nitrogens with one attached hydrogen (secondary N) is 3. The first kappa shape index (κ1) is 19.3. The predicted octanol–water partition coefficient (Wildman–Crippen LogP) is 1.48. The molecular weight excluding hydrogens is 298 g/mol. The molecule has 7 heteroatoms. The Labute approximate surface area is 137 Å². The molecule has 0 bridgehead atoms. The Kier molecular flexibility index (Phi) is 8.43. The molecule has 4 N–H and O–H groups in total. The van der Waals surface area contributed by atoms with Crippen LogP contribution in [0.15, 0.2) is 0 Å². The van der Waals surface area contributed by atoms with E-state index in [9.17, 15) is 14.4 Å². The lowest BCUT2D eigenvalue weighted by atomic mass is 9.96. The zero-order valence-electron chi connectivity index (χ0n) is 14.1. The first-order chi connectivity index (χ1) is 10.9. The van der Waals surface area contributed by atoms with Crippen LogP contribution in [-0.2, 0) is 9.59 Å². The van der Waals surface area contributed by atoms with Crippen LogP contribution in [0.1, 0.15) is 52.4 Å². The highest BCUT2D eigenvalue weighted by Crippen LogP contribution is 2.17. The van der Waals surface area contributed by atoms with E-state index in [4.69, 9.17) is 5.11 Å². The Bertz CT molecular complexity index is 406. The van der Waals surface area contributed by atoms with Crippen LogP contribution in [0.4, 0.5) is 4.79 Å². The van der Waals surface area contributed by atoms with Crippen molar-refractivity contribution < 1.29 is 19.5 Å². The van der Waals surface area contributed by atoms with E-state index in [-0.39, 0.29) is 37.0 Å². The maximum Gasteiger partial charge on any atom is 0.315 e. The highest BCUT2D eigenvalue weighted by atomic mass is 16.4. The Hall–Kier alpha value is -1.79. The smallest absolute Gasteiger partial charge is 0.315 e. The molecule has 132 valence electrons. The van der Waals surface area contributed by atoms with E-state index in [0.29, 0.717) is 6.42 Å². The van der Waals surface area contributed by atoms with Crippen molar-refractivity contribution in [3.05, 3.63) is 0 Å². The summed E-state index contributed by atoms with van der Waals surface area (Å²) in [6, 6.07) is -0.154. The Morgan fingerprint density at radius 3 is 2.30 bits per heavy atom. The minimum atomic E-state index is -0.915. The highest BCUT2D eigenvalue weighted by Gasteiger charge is 2.20. The van der Waals surface area contributed by atoms with Crippen molar-refractivity contribution in [3.63, 3.8) is 0 Å². The van der Waals surface area contributed by atoms with Gasteiger partial charge in [0, 0.05) is 12.6 Å². The van der Waals surface area contributed by atoms with Crippen LogP contribution in [0.5, 0.6) is 0 Å². The van der Waals surface area contributed by atoms with Gasteiger partial charge in [0.1, 0.15) is 0 Å². The van der Waals surface area contributed by atoms with Gasteiger partial charge in [0.25, 0.3) is 0 Å².